The fourth-order valence-electron chi connectivity index (χ4n) is 4.68. The Morgan fingerprint density at radius 2 is 1.91 bits per heavy atom. The van der Waals surface area contributed by atoms with Crippen LogP contribution in [0.2, 0.25) is 0 Å². The number of piperazine rings is 1. The second-order valence-electron chi connectivity index (χ2n) is 8.93. The van der Waals surface area contributed by atoms with Gasteiger partial charge in [-0.15, -0.1) is 0 Å². The third-order valence-corrected chi connectivity index (χ3v) is 6.60. The number of carbonyl (C=O) groups excluding carboxylic acids is 1. The van der Waals surface area contributed by atoms with E-state index in [1.807, 2.05) is 6.07 Å². The van der Waals surface area contributed by atoms with Gasteiger partial charge in [-0.3, -0.25) is 14.6 Å². The number of nitrogens with one attached hydrogen (secondary N) is 1. The molecule has 0 saturated carbocycles. The summed E-state index contributed by atoms with van der Waals surface area (Å²) in [5.74, 6) is 0.0615. The molecule has 2 aliphatic heterocycles. The van der Waals surface area contributed by atoms with Gasteiger partial charge in [-0.25, -0.2) is 4.39 Å². The molecule has 6 heteroatoms. The van der Waals surface area contributed by atoms with Crippen LogP contribution < -0.4 is 5.32 Å². The lowest BCUT2D eigenvalue weighted by atomic mass is 9.90. The monoisotopic (exact) mass is 439 g/mol. The Labute approximate surface area is 190 Å². The molecular formula is C26H34FN3O2. The first-order valence-electron chi connectivity index (χ1n) is 11.8. The third kappa shape index (κ3) is 6.15. The van der Waals surface area contributed by atoms with E-state index in [9.17, 15) is 9.18 Å². The van der Waals surface area contributed by atoms with Gasteiger partial charge in [0.25, 0.3) is 0 Å². The van der Waals surface area contributed by atoms with Crippen molar-refractivity contribution >= 4 is 11.6 Å². The normalized spacial score (nSPS) is 22.6. The third-order valence-electron chi connectivity index (χ3n) is 6.60. The van der Waals surface area contributed by atoms with E-state index in [0.29, 0.717) is 24.4 Å². The summed E-state index contributed by atoms with van der Waals surface area (Å²) in [5.41, 5.74) is 2.60. The average molecular weight is 440 g/mol. The Morgan fingerprint density at radius 3 is 2.62 bits per heavy atom. The van der Waals surface area contributed by atoms with Gasteiger partial charge < -0.3 is 10.1 Å². The van der Waals surface area contributed by atoms with Gasteiger partial charge in [0.05, 0.1) is 0 Å². The summed E-state index contributed by atoms with van der Waals surface area (Å²) in [6, 6.07) is 15.7. The smallest absolute Gasteiger partial charge is 0.224 e. The van der Waals surface area contributed by atoms with E-state index in [1.165, 1.54) is 11.6 Å². The van der Waals surface area contributed by atoms with Gasteiger partial charge in [-0.2, -0.15) is 0 Å². The van der Waals surface area contributed by atoms with Crippen molar-refractivity contribution in [2.45, 2.75) is 45.4 Å². The predicted octanol–water partition coefficient (Wildman–Crippen LogP) is 4.29. The molecule has 4 rings (SSSR count). The largest absolute Gasteiger partial charge is 0.363 e. The highest BCUT2D eigenvalue weighted by Gasteiger charge is 2.30. The summed E-state index contributed by atoms with van der Waals surface area (Å²) in [6.45, 7) is 7.60. The molecule has 0 aliphatic carbocycles. The minimum atomic E-state index is -0.239. The molecule has 2 heterocycles. The van der Waals surface area contributed by atoms with E-state index in [2.05, 4.69) is 45.4 Å². The lowest BCUT2D eigenvalue weighted by Gasteiger charge is -2.42. The van der Waals surface area contributed by atoms with E-state index in [-0.39, 0.29) is 18.0 Å². The summed E-state index contributed by atoms with van der Waals surface area (Å²) in [6.07, 6.45) is 3.11. The highest BCUT2D eigenvalue weighted by molar-refractivity contribution is 5.90. The molecule has 2 aromatic carbocycles. The molecule has 172 valence electrons. The van der Waals surface area contributed by atoms with Crippen LogP contribution in [0, 0.1) is 11.7 Å². The molecule has 1 amide bonds. The zero-order chi connectivity index (χ0) is 22.3. The van der Waals surface area contributed by atoms with Crippen molar-refractivity contribution in [3.63, 3.8) is 0 Å². The van der Waals surface area contributed by atoms with Crippen molar-refractivity contribution < 1.29 is 13.9 Å². The molecule has 2 fully saturated rings. The number of hydrogen-bond donors (Lipinski definition) is 1. The first-order chi connectivity index (χ1) is 15.6. The first-order valence-corrected chi connectivity index (χ1v) is 11.8. The second-order valence-corrected chi connectivity index (χ2v) is 8.93. The number of nitrogens with zero attached hydrogens (tertiary/aromatic N) is 2. The average Bonchev–Trinajstić information content (AvgIpc) is 2.82. The summed E-state index contributed by atoms with van der Waals surface area (Å²) in [4.78, 5) is 16.5. The van der Waals surface area contributed by atoms with Crippen LogP contribution in [0.1, 0.15) is 37.3 Å². The van der Waals surface area contributed by atoms with E-state index < -0.39 is 0 Å². The van der Waals surface area contributed by atoms with Crippen LogP contribution in [0.4, 0.5) is 10.1 Å². The Morgan fingerprint density at radius 1 is 1.12 bits per heavy atom. The van der Waals surface area contributed by atoms with Crippen molar-refractivity contribution in [3.8, 4) is 0 Å². The van der Waals surface area contributed by atoms with Crippen LogP contribution in [-0.2, 0) is 22.5 Å². The van der Waals surface area contributed by atoms with Crippen LogP contribution in [-0.4, -0.2) is 54.7 Å². The maximum absolute atomic E-state index is 14.6. The molecule has 1 N–H and O–H groups in total. The van der Waals surface area contributed by atoms with Crippen LogP contribution in [0.3, 0.4) is 0 Å². The standard InChI is InChI=1S/C26H34FN3O2/c1-2-25(31)28-23-9-8-22(24(27)18-23)16-21-10-15-32-26(17-21)30-13-11-29(12-14-30)19-20-6-4-3-5-7-20/h3-9,18,21,26H,2,10-17,19H2,1H3,(H,28,31). The number of ether oxygens (including phenoxy) is 1. The maximum atomic E-state index is 14.6. The van der Waals surface area contributed by atoms with Gasteiger partial charge in [-0.1, -0.05) is 43.3 Å². The quantitative estimate of drug-likeness (QED) is 0.699. The van der Waals surface area contributed by atoms with Gasteiger partial charge in [0, 0.05) is 51.4 Å². The number of benzene rings is 2. The number of anilines is 1. The lowest BCUT2D eigenvalue weighted by Crippen LogP contribution is -2.52. The van der Waals surface area contributed by atoms with Crippen molar-refractivity contribution in [2.75, 3.05) is 38.1 Å². The van der Waals surface area contributed by atoms with Gasteiger partial charge in [0.15, 0.2) is 0 Å². The summed E-state index contributed by atoms with van der Waals surface area (Å²) in [7, 11) is 0. The van der Waals surface area contributed by atoms with Crippen LogP contribution in [0.15, 0.2) is 48.5 Å². The molecule has 2 unspecified atom stereocenters. The van der Waals surface area contributed by atoms with E-state index in [1.54, 1.807) is 13.0 Å². The zero-order valence-corrected chi connectivity index (χ0v) is 18.9. The van der Waals surface area contributed by atoms with E-state index >= 15 is 0 Å². The second kappa shape index (κ2) is 11.0. The van der Waals surface area contributed by atoms with Gasteiger partial charge >= 0.3 is 0 Å². The highest BCUT2D eigenvalue weighted by atomic mass is 19.1. The van der Waals surface area contributed by atoms with Crippen molar-refractivity contribution in [1.82, 2.24) is 9.80 Å². The molecule has 5 nitrogen and oxygen atoms in total. The molecule has 0 aromatic heterocycles. The van der Waals surface area contributed by atoms with Gasteiger partial charge in [0.1, 0.15) is 12.0 Å². The topological polar surface area (TPSA) is 44.8 Å². The summed E-state index contributed by atoms with van der Waals surface area (Å²) >= 11 is 0. The van der Waals surface area contributed by atoms with E-state index in [0.717, 1.165) is 57.7 Å². The SMILES string of the molecule is CCC(=O)Nc1ccc(CC2CCOC(N3CCN(Cc4ccccc4)CC3)C2)c(F)c1. The Balaban J connectivity index is 1.27. The van der Waals surface area contributed by atoms with Crippen LogP contribution >= 0.6 is 0 Å². The number of amides is 1. The molecule has 2 aromatic rings. The number of carbonyl (C=O) groups is 1. The molecule has 32 heavy (non-hydrogen) atoms. The van der Waals surface area contributed by atoms with Crippen molar-refractivity contribution in [1.29, 1.82) is 0 Å². The fourth-order valence-corrected chi connectivity index (χ4v) is 4.68. The number of halogens is 1. The first kappa shape index (κ1) is 22.9. The van der Waals surface area contributed by atoms with Gasteiger partial charge in [0.2, 0.25) is 5.91 Å². The van der Waals surface area contributed by atoms with Gasteiger partial charge in [-0.05, 0) is 48.4 Å². The summed E-state index contributed by atoms with van der Waals surface area (Å²) < 4.78 is 20.7. The maximum Gasteiger partial charge on any atom is 0.224 e. The molecule has 0 radical (unpaired) electrons. The molecule has 2 aliphatic rings. The fraction of sp³-hybridized carbons (Fsp3) is 0.500. The molecule has 0 spiro atoms. The Bertz CT molecular complexity index is 884. The molecule has 0 bridgehead atoms. The zero-order valence-electron chi connectivity index (χ0n) is 18.9. The van der Waals surface area contributed by atoms with E-state index in [4.69, 9.17) is 4.74 Å². The van der Waals surface area contributed by atoms with Crippen molar-refractivity contribution in [3.05, 3.63) is 65.5 Å². The number of hydrogen-bond acceptors (Lipinski definition) is 4. The molecular weight excluding hydrogens is 405 g/mol. The van der Waals surface area contributed by atoms with Crippen LogP contribution in [0.25, 0.3) is 0 Å². The Hall–Kier alpha value is -2.28. The molecule has 2 atom stereocenters. The summed E-state index contributed by atoms with van der Waals surface area (Å²) in [5, 5.41) is 2.72. The highest BCUT2D eigenvalue weighted by Crippen LogP contribution is 2.28. The Kier molecular flexibility index (Phi) is 7.90. The number of rotatable bonds is 7. The van der Waals surface area contributed by atoms with Crippen LogP contribution in [0.5, 0.6) is 0 Å². The predicted molar refractivity (Wildman–Crippen MR) is 125 cm³/mol. The minimum absolute atomic E-state index is 0.103. The van der Waals surface area contributed by atoms with Crippen molar-refractivity contribution in [2.24, 2.45) is 5.92 Å². The lowest BCUT2D eigenvalue weighted by molar-refractivity contribution is -0.116. The minimum Gasteiger partial charge on any atom is -0.363 e. The molecule has 2 saturated heterocycles.